The summed E-state index contributed by atoms with van der Waals surface area (Å²) in [5, 5.41) is 8.75. The third-order valence-electron chi connectivity index (χ3n) is 4.17. The summed E-state index contributed by atoms with van der Waals surface area (Å²) >= 11 is 0. The molecule has 0 unspecified atom stereocenters. The summed E-state index contributed by atoms with van der Waals surface area (Å²) in [6, 6.07) is 10.3. The van der Waals surface area contributed by atoms with Crippen molar-refractivity contribution >= 4 is 11.9 Å². The smallest absolute Gasteiger partial charge is 0.387 e. The Balaban J connectivity index is 1.78. The monoisotopic (exact) mass is 438 g/mol. The van der Waals surface area contributed by atoms with Gasteiger partial charge >= 0.3 is 6.61 Å². The molecule has 0 aromatic heterocycles. The van der Waals surface area contributed by atoms with Gasteiger partial charge in [0.25, 0.3) is 0 Å². The van der Waals surface area contributed by atoms with Gasteiger partial charge in [-0.05, 0) is 35.9 Å². The lowest BCUT2D eigenvalue weighted by molar-refractivity contribution is -0.120. The molecule has 31 heavy (non-hydrogen) atoms. The fourth-order valence-corrected chi connectivity index (χ4v) is 2.66. The Morgan fingerprint density at radius 1 is 1.06 bits per heavy atom. The van der Waals surface area contributed by atoms with Gasteiger partial charge in [-0.15, -0.1) is 0 Å². The first kappa shape index (κ1) is 23.8. The average molecular weight is 438 g/mol. The molecule has 7 nitrogen and oxygen atoms in total. The molecule has 10 heteroatoms. The molecule has 0 aliphatic heterocycles. The van der Waals surface area contributed by atoms with Crippen molar-refractivity contribution in [3.05, 3.63) is 59.4 Å². The summed E-state index contributed by atoms with van der Waals surface area (Å²) in [6.45, 7) is -2.06. The highest BCUT2D eigenvalue weighted by Crippen LogP contribution is 2.25. The van der Waals surface area contributed by atoms with Crippen molar-refractivity contribution in [3.8, 4) is 11.5 Å². The molecule has 0 bridgehead atoms. The van der Waals surface area contributed by atoms with Crippen LogP contribution in [0.15, 0.2) is 47.5 Å². The van der Waals surface area contributed by atoms with Gasteiger partial charge in [0, 0.05) is 32.2 Å². The first-order chi connectivity index (χ1) is 14.9. The minimum atomic E-state index is -2.94. The van der Waals surface area contributed by atoms with E-state index < -0.39 is 6.61 Å². The number of benzene rings is 2. The summed E-state index contributed by atoms with van der Waals surface area (Å²) < 4.78 is 47.8. The van der Waals surface area contributed by atoms with Gasteiger partial charge in [-0.3, -0.25) is 9.79 Å². The molecule has 168 valence electrons. The van der Waals surface area contributed by atoms with Gasteiger partial charge in [-0.25, -0.2) is 4.39 Å². The molecule has 2 rings (SSSR count). The van der Waals surface area contributed by atoms with Gasteiger partial charge in [-0.2, -0.15) is 8.78 Å². The van der Waals surface area contributed by atoms with E-state index in [2.05, 4.69) is 25.7 Å². The molecule has 0 spiro atoms. The number of amides is 1. The third-order valence-corrected chi connectivity index (χ3v) is 4.17. The van der Waals surface area contributed by atoms with Crippen LogP contribution in [0.1, 0.15) is 11.1 Å². The van der Waals surface area contributed by atoms with Gasteiger partial charge in [0.2, 0.25) is 5.91 Å². The number of guanidine groups is 1. The first-order valence-corrected chi connectivity index (χ1v) is 9.48. The molecule has 0 aliphatic carbocycles. The van der Waals surface area contributed by atoms with E-state index in [9.17, 15) is 18.0 Å². The molecule has 0 atom stereocenters. The normalized spacial score (nSPS) is 11.2. The summed E-state index contributed by atoms with van der Waals surface area (Å²) in [6.07, 6.45) is 0.149. The number of halogens is 3. The number of aliphatic imine (C=N–C) groups is 1. The van der Waals surface area contributed by atoms with Crippen LogP contribution >= 0.6 is 0 Å². The maximum atomic E-state index is 12.9. The quantitative estimate of drug-likeness (QED) is 0.302. The number of carbonyl (C=O) groups excluding carboxylic acids is 1. The zero-order chi connectivity index (χ0) is 22.6. The van der Waals surface area contributed by atoms with E-state index in [1.807, 2.05) is 0 Å². The van der Waals surface area contributed by atoms with Crippen molar-refractivity contribution in [2.24, 2.45) is 4.99 Å². The van der Waals surface area contributed by atoms with Crippen molar-refractivity contribution in [1.29, 1.82) is 0 Å². The number of nitrogens with zero attached hydrogens (tertiary/aromatic N) is 1. The average Bonchev–Trinajstić information content (AvgIpc) is 2.75. The maximum absolute atomic E-state index is 12.9. The van der Waals surface area contributed by atoms with Gasteiger partial charge in [0.15, 0.2) is 5.96 Å². The number of nitrogens with one attached hydrogen (secondary N) is 3. The number of rotatable bonds is 10. The molecule has 0 saturated carbocycles. The van der Waals surface area contributed by atoms with E-state index in [4.69, 9.17) is 4.74 Å². The molecule has 0 fully saturated rings. The number of alkyl halides is 2. The number of hydrogen-bond donors (Lipinski definition) is 3. The second-order valence-corrected chi connectivity index (χ2v) is 6.36. The SMILES string of the molecule is CN=C(NCCNC(=O)Cc1ccc(F)cc1)NCc1cc(OC)ccc1OC(F)F. The molecular formula is C21H25F3N4O3. The zero-order valence-electron chi connectivity index (χ0n) is 17.3. The fraction of sp³-hybridized carbons (Fsp3) is 0.333. The van der Waals surface area contributed by atoms with Crippen LogP contribution in [-0.4, -0.2) is 45.7 Å². The van der Waals surface area contributed by atoms with Crippen LogP contribution in [0.2, 0.25) is 0 Å². The van der Waals surface area contributed by atoms with Crippen LogP contribution in [0, 0.1) is 5.82 Å². The van der Waals surface area contributed by atoms with Crippen molar-refractivity contribution in [1.82, 2.24) is 16.0 Å². The highest BCUT2D eigenvalue weighted by molar-refractivity contribution is 5.80. The van der Waals surface area contributed by atoms with E-state index in [1.165, 1.54) is 31.4 Å². The van der Waals surface area contributed by atoms with Gasteiger partial charge < -0.3 is 25.4 Å². The van der Waals surface area contributed by atoms with E-state index in [0.717, 1.165) is 0 Å². The summed E-state index contributed by atoms with van der Waals surface area (Å²) in [7, 11) is 3.04. The topological polar surface area (TPSA) is 84.0 Å². The lowest BCUT2D eigenvalue weighted by atomic mass is 10.1. The van der Waals surface area contributed by atoms with Crippen molar-refractivity contribution in [3.63, 3.8) is 0 Å². The fourth-order valence-electron chi connectivity index (χ4n) is 2.66. The van der Waals surface area contributed by atoms with Crippen molar-refractivity contribution < 1.29 is 27.4 Å². The second kappa shape index (κ2) is 12.3. The second-order valence-electron chi connectivity index (χ2n) is 6.36. The zero-order valence-corrected chi connectivity index (χ0v) is 17.3. The van der Waals surface area contributed by atoms with Gasteiger partial charge in [0.1, 0.15) is 17.3 Å². The first-order valence-electron chi connectivity index (χ1n) is 9.48. The molecule has 1 amide bonds. The largest absolute Gasteiger partial charge is 0.497 e. The maximum Gasteiger partial charge on any atom is 0.387 e. The Labute approximate surface area is 178 Å². The predicted molar refractivity (Wildman–Crippen MR) is 111 cm³/mol. The van der Waals surface area contributed by atoms with Gasteiger partial charge in [0.05, 0.1) is 13.5 Å². The standard InChI is InChI=1S/C21H25F3N4O3/c1-25-21(27-10-9-26-19(29)11-14-3-5-16(22)6-4-14)28-13-15-12-17(30-2)7-8-18(15)31-20(23)24/h3-8,12,20H,9-11,13H2,1-2H3,(H,26,29)(H2,25,27,28). The molecule has 2 aromatic rings. The Morgan fingerprint density at radius 2 is 1.77 bits per heavy atom. The lowest BCUT2D eigenvalue weighted by Crippen LogP contribution is -2.41. The lowest BCUT2D eigenvalue weighted by Gasteiger charge is -2.15. The minimum absolute atomic E-state index is 0.0341. The van der Waals surface area contributed by atoms with Crippen LogP contribution in [0.5, 0.6) is 11.5 Å². The summed E-state index contributed by atoms with van der Waals surface area (Å²) in [5.41, 5.74) is 1.18. The van der Waals surface area contributed by atoms with Crippen LogP contribution in [-0.2, 0) is 17.8 Å². The van der Waals surface area contributed by atoms with E-state index in [1.54, 1.807) is 25.2 Å². The van der Waals surface area contributed by atoms with Crippen molar-refractivity contribution in [2.75, 3.05) is 27.2 Å². The summed E-state index contributed by atoms with van der Waals surface area (Å²) in [5.74, 6) is 0.409. The third kappa shape index (κ3) is 8.45. The minimum Gasteiger partial charge on any atom is -0.497 e. The number of methoxy groups -OCH3 is 1. The Bertz CT molecular complexity index is 877. The molecule has 0 radical (unpaired) electrons. The summed E-state index contributed by atoms with van der Waals surface area (Å²) in [4.78, 5) is 16.0. The van der Waals surface area contributed by atoms with Crippen LogP contribution in [0.25, 0.3) is 0 Å². The number of ether oxygens (including phenoxy) is 2. The Hall–Kier alpha value is -3.43. The predicted octanol–water partition coefficient (Wildman–Crippen LogP) is 2.46. The highest BCUT2D eigenvalue weighted by Gasteiger charge is 2.12. The van der Waals surface area contributed by atoms with Crippen LogP contribution in [0.4, 0.5) is 13.2 Å². The molecule has 0 heterocycles. The Kier molecular flexibility index (Phi) is 9.47. The van der Waals surface area contributed by atoms with Gasteiger partial charge in [-0.1, -0.05) is 12.1 Å². The van der Waals surface area contributed by atoms with Crippen LogP contribution in [0.3, 0.4) is 0 Å². The molecule has 2 aromatic carbocycles. The van der Waals surface area contributed by atoms with E-state index in [-0.39, 0.29) is 30.4 Å². The number of hydrogen-bond acceptors (Lipinski definition) is 4. The molecule has 0 aliphatic rings. The molecule has 0 saturated heterocycles. The van der Waals surface area contributed by atoms with E-state index in [0.29, 0.717) is 35.9 Å². The number of carbonyl (C=O) groups is 1. The highest BCUT2D eigenvalue weighted by atomic mass is 19.3. The van der Waals surface area contributed by atoms with E-state index >= 15 is 0 Å². The Morgan fingerprint density at radius 3 is 2.42 bits per heavy atom. The van der Waals surface area contributed by atoms with Crippen molar-refractivity contribution in [2.45, 2.75) is 19.6 Å². The van der Waals surface area contributed by atoms with Crippen LogP contribution < -0.4 is 25.4 Å². The molecule has 3 N–H and O–H groups in total. The molecular weight excluding hydrogens is 413 g/mol.